The lowest BCUT2D eigenvalue weighted by atomic mass is 9.95. The number of likely N-dealkylation sites (N-methyl/N-ethyl adjacent to an activating group) is 2. The Balaban J connectivity index is 2.11. The number of hydrogen-bond donors (Lipinski definition) is 2. The highest BCUT2D eigenvalue weighted by molar-refractivity contribution is 5.96. The Hall–Kier alpha value is -3.96. The van der Waals surface area contributed by atoms with Gasteiger partial charge in [0.2, 0.25) is 23.6 Å². The molecule has 2 fully saturated rings. The minimum Gasteiger partial charge on any atom is -0.452 e. The first kappa shape index (κ1) is 38.5. The largest absolute Gasteiger partial charge is 0.452 e. The number of amides is 5. The van der Waals surface area contributed by atoms with E-state index in [-0.39, 0.29) is 49.5 Å². The van der Waals surface area contributed by atoms with Gasteiger partial charge >= 0.3 is 5.97 Å². The number of fused-ring (bicyclic) bond motifs is 1. The Morgan fingerprint density at radius 2 is 1.42 bits per heavy atom. The van der Waals surface area contributed by atoms with E-state index in [4.69, 9.17) is 4.74 Å². The van der Waals surface area contributed by atoms with E-state index in [0.29, 0.717) is 13.0 Å². The van der Waals surface area contributed by atoms with E-state index < -0.39 is 65.8 Å². The number of nitrogens with zero attached hydrogens (tertiary/aromatic N) is 3. The highest BCUT2D eigenvalue weighted by atomic mass is 16.5. The van der Waals surface area contributed by atoms with Crippen molar-refractivity contribution < 1.29 is 33.5 Å². The number of rotatable bonds is 6. The summed E-state index contributed by atoms with van der Waals surface area (Å²) in [6.07, 6.45) is -0.312. The molecular weight excluding hydrogens is 614 g/mol. The summed E-state index contributed by atoms with van der Waals surface area (Å²) in [5.74, 6) is -3.75. The van der Waals surface area contributed by atoms with Gasteiger partial charge in [-0.3, -0.25) is 28.8 Å². The van der Waals surface area contributed by atoms with Crippen molar-refractivity contribution in [2.45, 2.75) is 104 Å². The van der Waals surface area contributed by atoms with Gasteiger partial charge in [-0.2, -0.15) is 0 Å². The minimum absolute atomic E-state index is 0.0116. The van der Waals surface area contributed by atoms with Crippen LogP contribution in [0.4, 0.5) is 0 Å². The number of cyclic esters (lactones) is 1. The van der Waals surface area contributed by atoms with Gasteiger partial charge in [-0.1, -0.05) is 78.8 Å². The standard InChI is InChI=1S/C36H55N5O7/c1-21(2)19-27-35(46)41-18-16-24(7)31(41)33(44)38-26(20-25-13-11-10-12-14-25)34(45)40(9)30(23(5)6)36(47)39(8)29(22(3)4)32(43)37-17-15-28(42)48-27/h10-14,21-24,26-27,29-31H,15-20H2,1-9H3,(H,37,43)(H,38,44)/t24?,26-,27?,29-,30-,31-/m0/s1. The number of ether oxygens (including phenoxy) is 1. The van der Waals surface area contributed by atoms with E-state index in [0.717, 1.165) is 5.56 Å². The Kier molecular flexibility index (Phi) is 13.6. The lowest BCUT2D eigenvalue weighted by Crippen LogP contribution is -2.61. The number of esters is 1. The fourth-order valence-corrected chi connectivity index (χ4v) is 6.88. The van der Waals surface area contributed by atoms with Crippen molar-refractivity contribution >= 4 is 35.5 Å². The molecule has 2 aliphatic rings. The van der Waals surface area contributed by atoms with Crippen LogP contribution in [0.3, 0.4) is 0 Å². The quantitative estimate of drug-likeness (QED) is 0.443. The average molecular weight is 670 g/mol. The summed E-state index contributed by atoms with van der Waals surface area (Å²) >= 11 is 0. The first-order chi connectivity index (χ1) is 22.5. The second-order valence-electron chi connectivity index (χ2n) is 14.4. The zero-order chi connectivity index (χ0) is 35.9. The van der Waals surface area contributed by atoms with E-state index in [1.165, 1.54) is 14.7 Å². The zero-order valence-corrected chi connectivity index (χ0v) is 30.0. The van der Waals surface area contributed by atoms with Crippen LogP contribution in [0, 0.1) is 23.7 Å². The third-order valence-corrected chi connectivity index (χ3v) is 9.33. The molecule has 3 rings (SSSR count). The van der Waals surface area contributed by atoms with Gasteiger partial charge in [0, 0.05) is 33.6 Å². The van der Waals surface area contributed by atoms with Gasteiger partial charge in [0.1, 0.15) is 24.2 Å². The van der Waals surface area contributed by atoms with E-state index in [9.17, 15) is 28.8 Å². The lowest BCUT2D eigenvalue weighted by molar-refractivity contribution is -0.162. The molecule has 2 aliphatic heterocycles. The minimum atomic E-state index is -1.11. The fourth-order valence-electron chi connectivity index (χ4n) is 6.88. The van der Waals surface area contributed by atoms with Gasteiger partial charge in [-0.15, -0.1) is 0 Å². The molecule has 5 amide bonds. The first-order valence-electron chi connectivity index (χ1n) is 17.2. The molecule has 6 atom stereocenters. The SMILES string of the molecule is CC(C)CC1OC(=O)CCNC(=O)[C@H](C(C)C)N(C)C(=O)[C@H](C(C)C)N(C)C(=O)[C@H](Cc2ccccc2)NC(=O)[C@@H]2C(C)CCN2C1=O. The van der Waals surface area contributed by atoms with E-state index in [2.05, 4.69) is 10.6 Å². The Morgan fingerprint density at radius 1 is 0.812 bits per heavy atom. The van der Waals surface area contributed by atoms with E-state index in [1.807, 2.05) is 78.8 Å². The van der Waals surface area contributed by atoms with Gasteiger partial charge in [-0.05, 0) is 42.1 Å². The summed E-state index contributed by atoms with van der Waals surface area (Å²) in [4.78, 5) is 87.2. The lowest BCUT2D eigenvalue weighted by Gasteiger charge is -2.38. The number of hydrogen-bond acceptors (Lipinski definition) is 7. The predicted octanol–water partition coefficient (Wildman–Crippen LogP) is 2.39. The normalized spacial score (nSPS) is 27.5. The van der Waals surface area contributed by atoms with Crippen LogP contribution >= 0.6 is 0 Å². The molecule has 2 N–H and O–H groups in total. The highest BCUT2D eigenvalue weighted by Crippen LogP contribution is 2.27. The molecule has 2 saturated heterocycles. The number of carbonyl (C=O) groups is 6. The first-order valence-corrected chi connectivity index (χ1v) is 17.2. The van der Waals surface area contributed by atoms with Gasteiger partial charge in [0.15, 0.2) is 6.10 Å². The molecule has 0 spiro atoms. The maximum Gasteiger partial charge on any atom is 0.308 e. The molecule has 266 valence electrons. The Labute approximate surface area is 285 Å². The summed E-state index contributed by atoms with van der Waals surface area (Å²) in [5, 5.41) is 5.70. The van der Waals surface area contributed by atoms with Crippen molar-refractivity contribution in [1.29, 1.82) is 0 Å². The molecule has 0 saturated carbocycles. The van der Waals surface area contributed by atoms with Crippen molar-refractivity contribution in [3.8, 4) is 0 Å². The molecule has 0 aromatic heterocycles. The molecule has 48 heavy (non-hydrogen) atoms. The van der Waals surface area contributed by atoms with Crippen molar-refractivity contribution in [3.63, 3.8) is 0 Å². The maximum absolute atomic E-state index is 14.4. The molecule has 2 heterocycles. The molecule has 12 nitrogen and oxygen atoms in total. The summed E-state index contributed by atoms with van der Waals surface area (Å²) in [5.41, 5.74) is 0.806. The van der Waals surface area contributed by atoms with Crippen LogP contribution in [0.5, 0.6) is 0 Å². The molecular formula is C36H55N5O7. The average Bonchev–Trinajstić information content (AvgIpc) is 3.40. The summed E-state index contributed by atoms with van der Waals surface area (Å²) in [7, 11) is 3.09. The number of benzene rings is 1. The Morgan fingerprint density at radius 3 is 2.00 bits per heavy atom. The van der Waals surface area contributed by atoms with Crippen molar-refractivity contribution in [2.75, 3.05) is 27.2 Å². The van der Waals surface area contributed by atoms with Crippen LogP contribution in [0.15, 0.2) is 30.3 Å². The molecule has 0 radical (unpaired) electrons. The number of nitrogens with one attached hydrogen (secondary N) is 2. The monoisotopic (exact) mass is 669 g/mol. The van der Waals surface area contributed by atoms with Gasteiger partial charge in [0.05, 0.1) is 6.42 Å². The van der Waals surface area contributed by atoms with Gasteiger partial charge in [0.25, 0.3) is 5.91 Å². The summed E-state index contributed by atoms with van der Waals surface area (Å²) < 4.78 is 5.70. The van der Waals surface area contributed by atoms with Crippen LogP contribution in [0.1, 0.15) is 73.3 Å². The molecule has 0 aliphatic carbocycles. The van der Waals surface area contributed by atoms with Crippen LogP contribution < -0.4 is 10.6 Å². The molecule has 12 heteroatoms. The third kappa shape index (κ3) is 9.35. The van der Waals surface area contributed by atoms with E-state index >= 15 is 0 Å². The zero-order valence-electron chi connectivity index (χ0n) is 30.0. The second-order valence-corrected chi connectivity index (χ2v) is 14.4. The molecule has 1 aromatic carbocycles. The van der Waals surface area contributed by atoms with Crippen molar-refractivity contribution in [3.05, 3.63) is 35.9 Å². The second kappa shape index (κ2) is 16.9. The van der Waals surface area contributed by atoms with E-state index in [1.54, 1.807) is 14.1 Å². The van der Waals surface area contributed by atoms with Crippen LogP contribution in [-0.2, 0) is 39.9 Å². The van der Waals surface area contributed by atoms with Gasteiger partial charge in [-0.25, -0.2) is 0 Å². The van der Waals surface area contributed by atoms with Crippen molar-refractivity contribution in [2.24, 2.45) is 23.7 Å². The number of carbonyl (C=O) groups excluding carboxylic acids is 6. The highest BCUT2D eigenvalue weighted by Gasteiger charge is 2.45. The van der Waals surface area contributed by atoms with Crippen LogP contribution in [-0.4, -0.2) is 108 Å². The third-order valence-electron chi connectivity index (χ3n) is 9.33. The topological polar surface area (TPSA) is 145 Å². The molecule has 2 unspecified atom stereocenters. The van der Waals surface area contributed by atoms with Gasteiger partial charge < -0.3 is 30.1 Å². The molecule has 0 bridgehead atoms. The smallest absolute Gasteiger partial charge is 0.308 e. The van der Waals surface area contributed by atoms with Crippen LogP contribution in [0.25, 0.3) is 0 Å². The predicted molar refractivity (Wildman–Crippen MR) is 181 cm³/mol. The fraction of sp³-hybridized carbons (Fsp3) is 0.667. The summed E-state index contributed by atoms with van der Waals surface area (Å²) in [6.45, 7) is 13.2. The van der Waals surface area contributed by atoms with Crippen molar-refractivity contribution in [1.82, 2.24) is 25.3 Å². The Bertz CT molecular complexity index is 1320. The maximum atomic E-state index is 14.4. The molecule has 1 aromatic rings. The summed E-state index contributed by atoms with van der Waals surface area (Å²) in [6, 6.07) is 5.50. The van der Waals surface area contributed by atoms with Crippen LogP contribution in [0.2, 0.25) is 0 Å².